The maximum Gasteiger partial charge on any atom is 0.317 e. The van der Waals surface area contributed by atoms with Crippen molar-refractivity contribution in [3.8, 4) is 0 Å². The van der Waals surface area contributed by atoms with Gasteiger partial charge in [-0.2, -0.15) is 0 Å². The lowest BCUT2D eigenvalue weighted by atomic mass is 9.93. The third-order valence-corrected chi connectivity index (χ3v) is 5.61. The summed E-state index contributed by atoms with van der Waals surface area (Å²) in [5.41, 5.74) is 1.02. The van der Waals surface area contributed by atoms with Crippen molar-refractivity contribution in [2.45, 2.75) is 45.2 Å². The van der Waals surface area contributed by atoms with E-state index in [9.17, 15) is 9.59 Å². The average Bonchev–Trinajstić information content (AvgIpc) is 2.73. The fourth-order valence-electron chi connectivity index (χ4n) is 4.09. The Morgan fingerprint density at radius 2 is 2.00 bits per heavy atom. The Bertz CT molecular complexity index is 616. The van der Waals surface area contributed by atoms with E-state index in [1.54, 1.807) is 12.4 Å². The minimum atomic E-state index is 0.0438. The normalized spacial score (nSPS) is 21.7. The largest absolute Gasteiger partial charge is 0.352 e. The van der Waals surface area contributed by atoms with Crippen LogP contribution in [0, 0.1) is 5.92 Å². The molecule has 0 bridgehead atoms. The molecular weight excluding hydrogens is 342 g/mol. The van der Waals surface area contributed by atoms with E-state index in [1.165, 1.54) is 0 Å². The van der Waals surface area contributed by atoms with Gasteiger partial charge in [-0.15, -0.1) is 0 Å². The van der Waals surface area contributed by atoms with Crippen LogP contribution in [0.15, 0.2) is 24.5 Å². The molecule has 7 heteroatoms. The average molecular weight is 374 g/mol. The number of pyridine rings is 1. The third-order valence-electron chi connectivity index (χ3n) is 5.61. The Morgan fingerprint density at radius 1 is 1.19 bits per heavy atom. The molecule has 2 aliphatic heterocycles. The summed E-state index contributed by atoms with van der Waals surface area (Å²) in [4.78, 5) is 33.0. The van der Waals surface area contributed by atoms with Crippen molar-refractivity contribution in [2.24, 2.45) is 5.92 Å². The van der Waals surface area contributed by atoms with Crippen LogP contribution in [0.4, 0.5) is 4.79 Å². The molecule has 0 aromatic carbocycles. The molecule has 7 nitrogen and oxygen atoms in total. The van der Waals surface area contributed by atoms with Crippen molar-refractivity contribution >= 4 is 11.9 Å². The lowest BCUT2D eigenvalue weighted by Gasteiger charge is -2.42. The number of rotatable bonds is 5. The van der Waals surface area contributed by atoms with E-state index >= 15 is 0 Å². The molecule has 0 aliphatic carbocycles. The molecule has 0 radical (unpaired) electrons. The number of piperidine rings is 2. The zero-order chi connectivity index (χ0) is 19.1. The van der Waals surface area contributed by atoms with E-state index in [0.717, 1.165) is 57.4 Å². The van der Waals surface area contributed by atoms with E-state index in [4.69, 9.17) is 0 Å². The SMILES string of the molecule is CCNC(=O)N1CCC(N2CCCC(C(=O)NCc3cccnc3)C2)CC1. The maximum absolute atomic E-state index is 12.6. The molecular formula is C20H31N5O2. The number of nitrogens with one attached hydrogen (secondary N) is 2. The molecule has 2 aliphatic rings. The highest BCUT2D eigenvalue weighted by atomic mass is 16.2. The smallest absolute Gasteiger partial charge is 0.317 e. The van der Waals surface area contributed by atoms with Gasteiger partial charge in [-0.3, -0.25) is 14.7 Å². The number of hydrogen-bond acceptors (Lipinski definition) is 4. The van der Waals surface area contributed by atoms with Crippen LogP contribution in [0.25, 0.3) is 0 Å². The first-order chi connectivity index (χ1) is 13.2. The Morgan fingerprint density at radius 3 is 2.70 bits per heavy atom. The molecule has 3 heterocycles. The summed E-state index contributed by atoms with van der Waals surface area (Å²) >= 11 is 0. The number of carbonyl (C=O) groups is 2. The van der Waals surface area contributed by atoms with E-state index < -0.39 is 0 Å². The summed E-state index contributed by atoms with van der Waals surface area (Å²) in [6.45, 7) is 6.62. The first-order valence-electron chi connectivity index (χ1n) is 10.1. The van der Waals surface area contributed by atoms with Crippen LogP contribution in [-0.2, 0) is 11.3 Å². The number of likely N-dealkylation sites (tertiary alicyclic amines) is 2. The lowest BCUT2D eigenvalue weighted by molar-refractivity contribution is -0.127. The van der Waals surface area contributed by atoms with Crippen LogP contribution in [0.5, 0.6) is 0 Å². The second-order valence-corrected chi connectivity index (χ2v) is 7.47. The number of hydrogen-bond donors (Lipinski definition) is 2. The van der Waals surface area contributed by atoms with E-state index in [-0.39, 0.29) is 17.9 Å². The van der Waals surface area contributed by atoms with Gasteiger partial charge in [-0.1, -0.05) is 6.07 Å². The number of nitrogens with zero attached hydrogens (tertiary/aromatic N) is 3. The van der Waals surface area contributed by atoms with E-state index in [1.807, 2.05) is 24.0 Å². The van der Waals surface area contributed by atoms with Crippen molar-refractivity contribution in [2.75, 3.05) is 32.7 Å². The van der Waals surface area contributed by atoms with Gasteiger partial charge in [0.2, 0.25) is 5.91 Å². The zero-order valence-corrected chi connectivity index (χ0v) is 16.2. The predicted octanol–water partition coefficient (Wildman–Crippen LogP) is 1.60. The van der Waals surface area contributed by atoms with Crippen molar-refractivity contribution in [3.05, 3.63) is 30.1 Å². The summed E-state index contributed by atoms with van der Waals surface area (Å²) in [6.07, 6.45) is 7.51. The van der Waals surface area contributed by atoms with Crippen LogP contribution in [-0.4, -0.2) is 65.5 Å². The van der Waals surface area contributed by atoms with E-state index in [0.29, 0.717) is 19.1 Å². The highest BCUT2D eigenvalue weighted by molar-refractivity contribution is 5.79. The zero-order valence-electron chi connectivity index (χ0n) is 16.2. The van der Waals surface area contributed by atoms with E-state index in [2.05, 4.69) is 20.5 Å². The van der Waals surface area contributed by atoms with Gasteiger partial charge in [0.25, 0.3) is 0 Å². The lowest BCUT2D eigenvalue weighted by Crippen LogP contribution is -2.52. The van der Waals surface area contributed by atoms with Crippen molar-refractivity contribution < 1.29 is 9.59 Å². The Hall–Kier alpha value is -2.15. The minimum absolute atomic E-state index is 0.0438. The van der Waals surface area contributed by atoms with Gasteiger partial charge in [0, 0.05) is 51.2 Å². The number of aromatic nitrogens is 1. The summed E-state index contributed by atoms with van der Waals surface area (Å²) in [5.74, 6) is 0.195. The molecule has 2 fully saturated rings. The summed E-state index contributed by atoms with van der Waals surface area (Å²) < 4.78 is 0. The highest BCUT2D eigenvalue weighted by Crippen LogP contribution is 2.24. The molecule has 1 aromatic rings. The summed E-state index contributed by atoms with van der Waals surface area (Å²) in [6, 6.07) is 4.38. The number of urea groups is 1. The Balaban J connectivity index is 1.45. The molecule has 2 saturated heterocycles. The van der Waals surface area contributed by atoms with Crippen LogP contribution in [0.3, 0.4) is 0 Å². The standard InChI is InChI=1S/C20H31N5O2/c1-2-22-20(27)24-11-7-18(8-12-24)25-10-4-6-17(15-25)19(26)23-14-16-5-3-9-21-13-16/h3,5,9,13,17-18H,2,4,6-8,10-12,14-15H2,1H3,(H,22,27)(H,23,26). The number of amides is 3. The number of carbonyl (C=O) groups excluding carboxylic acids is 2. The predicted molar refractivity (Wildman–Crippen MR) is 104 cm³/mol. The minimum Gasteiger partial charge on any atom is -0.352 e. The quantitative estimate of drug-likeness (QED) is 0.822. The summed E-state index contributed by atoms with van der Waals surface area (Å²) in [5, 5.41) is 5.94. The molecule has 0 saturated carbocycles. The van der Waals surface area contributed by atoms with Gasteiger partial charge >= 0.3 is 6.03 Å². The Labute approximate surface area is 161 Å². The first kappa shape index (κ1) is 19.6. The topological polar surface area (TPSA) is 77.6 Å². The van der Waals surface area contributed by atoms with Gasteiger partial charge in [-0.05, 0) is 50.8 Å². The van der Waals surface area contributed by atoms with Crippen molar-refractivity contribution in [1.29, 1.82) is 0 Å². The van der Waals surface area contributed by atoms with Crippen molar-refractivity contribution in [3.63, 3.8) is 0 Å². The van der Waals surface area contributed by atoms with Gasteiger partial charge in [-0.25, -0.2) is 4.79 Å². The third kappa shape index (κ3) is 5.42. The maximum atomic E-state index is 12.6. The van der Waals surface area contributed by atoms with Gasteiger partial charge < -0.3 is 15.5 Å². The highest BCUT2D eigenvalue weighted by Gasteiger charge is 2.32. The Kier molecular flexibility index (Phi) is 7.04. The molecule has 1 atom stereocenters. The van der Waals surface area contributed by atoms with Gasteiger partial charge in [0.15, 0.2) is 0 Å². The van der Waals surface area contributed by atoms with Crippen LogP contribution in [0.1, 0.15) is 38.2 Å². The van der Waals surface area contributed by atoms with Crippen molar-refractivity contribution in [1.82, 2.24) is 25.4 Å². The molecule has 148 valence electrons. The van der Waals surface area contributed by atoms with Crippen LogP contribution < -0.4 is 10.6 Å². The molecule has 0 spiro atoms. The van der Waals surface area contributed by atoms with Crippen LogP contribution >= 0.6 is 0 Å². The molecule has 3 rings (SSSR count). The molecule has 2 N–H and O–H groups in total. The fraction of sp³-hybridized carbons (Fsp3) is 0.650. The second-order valence-electron chi connectivity index (χ2n) is 7.47. The molecule has 1 unspecified atom stereocenters. The van der Waals surface area contributed by atoms with Crippen LogP contribution in [0.2, 0.25) is 0 Å². The monoisotopic (exact) mass is 373 g/mol. The second kappa shape index (κ2) is 9.69. The molecule has 27 heavy (non-hydrogen) atoms. The molecule has 1 aromatic heterocycles. The summed E-state index contributed by atoms with van der Waals surface area (Å²) in [7, 11) is 0. The van der Waals surface area contributed by atoms with Gasteiger partial charge in [0.1, 0.15) is 0 Å². The molecule has 3 amide bonds. The first-order valence-corrected chi connectivity index (χ1v) is 10.1. The van der Waals surface area contributed by atoms with Gasteiger partial charge in [0.05, 0.1) is 5.92 Å². The fourth-order valence-corrected chi connectivity index (χ4v) is 4.09.